The molecule has 2 aliphatic rings. The fourth-order valence-electron chi connectivity index (χ4n) is 4.08. The number of Topliss-reactive ketones (excluding diaryl/α,β-unsaturated/α-hetero) is 1. The van der Waals surface area contributed by atoms with Crippen LogP contribution in [0.5, 0.6) is 17.2 Å². The van der Waals surface area contributed by atoms with Crippen LogP contribution in [0.15, 0.2) is 36.4 Å². The van der Waals surface area contributed by atoms with Crippen LogP contribution in [0.3, 0.4) is 0 Å². The van der Waals surface area contributed by atoms with E-state index in [1.54, 1.807) is 24.3 Å². The summed E-state index contributed by atoms with van der Waals surface area (Å²) in [5.74, 6) is -0.00388. The molecule has 2 aromatic carbocycles. The minimum atomic E-state index is -1.23. The predicted molar refractivity (Wildman–Crippen MR) is 116 cm³/mol. The van der Waals surface area contributed by atoms with E-state index in [1.807, 2.05) is 0 Å². The number of ketones is 1. The quantitative estimate of drug-likeness (QED) is 0.655. The third-order valence-corrected chi connectivity index (χ3v) is 5.89. The van der Waals surface area contributed by atoms with Gasteiger partial charge in [-0.25, -0.2) is 9.59 Å². The number of nitrogens with one attached hydrogen (secondary N) is 1. The minimum absolute atomic E-state index is 0.0576. The monoisotopic (exact) mass is 475 g/mol. The summed E-state index contributed by atoms with van der Waals surface area (Å²) in [6.45, 7) is 0.0576. The number of methoxy groups -OCH3 is 2. The van der Waals surface area contributed by atoms with Crippen molar-refractivity contribution in [3.8, 4) is 17.2 Å². The smallest absolute Gasteiger partial charge is 0.407 e. The highest BCUT2D eigenvalue weighted by Gasteiger charge is 2.44. The molecular weight excluding hydrogens is 454 g/mol. The normalized spacial score (nSPS) is 21.3. The number of ether oxygens (including phenoxy) is 5. The third-order valence-electron chi connectivity index (χ3n) is 5.65. The highest BCUT2D eigenvalue weighted by molar-refractivity contribution is 6.30. The first-order valence-corrected chi connectivity index (χ1v) is 10.6. The van der Waals surface area contributed by atoms with Crippen molar-refractivity contribution in [1.82, 2.24) is 5.32 Å². The molecular formula is C23H22ClNO8. The van der Waals surface area contributed by atoms with Crippen molar-refractivity contribution in [3.05, 3.63) is 52.5 Å². The van der Waals surface area contributed by atoms with Crippen LogP contribution in [-0.4, -0.2) is 51.0 Å². The molecule has 1 saturated carbocycles. The lowest BCUT2D eigenvalue weighted by atomic mass is 9.77. The molecule has 0 unspecified atom stereocenters. The number of rotatable bonds is 5. The Kier molecular flexibility index (Phi) is 6.60. The molecule has 33 heavy (non-hydrogen) atoms. The Morgan fingerprint density at radius 1 is 1.15 bits per heavy atom. The van der Waals surface area contributed by atoms with Crippen LogP contribution in [0.1, 0.15) is 34.7 Å². The number of benzene rings is 2. The molecule has 174 valence electrons. The molecule has 1 aliphatic heterocycles. The number of fused-ring (bicyclic) bond motifs is 1. The van der Waals surface area contributed by atoms with Crippen LogP contribution in [0.25, 0.3) is 0 Å². The summed E-state index contributed by atoms with van der Waals surface area (Å²) in [4.78, 5) is 37.8. The van der Waals surface area contributed by atoms with E-state index in [2.05, 4.69) is 5.32 Å². The zero-order valence-electron chi connectivity index (χ0n) is 18.0. The van der Waals surface area contributed by atoms with Gasteiger partial charge in [-0.15, -0.1) is 0 Å². The zero-order chi connectivity index (χ0) is 23.5. The molecule has 0 spiro atoms. The molecule has 1 N–H and O–H groups in total. The number of amides is 1. The van der Waals surface area contributed by atoms with Crippen molar-refractivity contribution >= 4 is 29.4 Å². The van der Waals surface area contributed by atoms with E-state index in [4.69, 9.17) is 35.3 Å². The molecule has 1 aliphatic carbocycles. The first kappa shape index (κ1) is 22.7. The first-order valence-electron chi connectivity index (χ1n) is 10.2. The molecule has 4 rings (SSSR count). The maximum Gasteiger partial charge on any atom is 0.407 e. The molecule has 10 heteroatoms. The summed E-state index contributed by atoms with van der Waals surface area (Å²) in [5.41, 5.74) is 0.924. The summed E-state index contributed by atoms with van der Waals surface area (Å²) in [7, 11) is 2.72. The summed E-state index contributed by atoms with van der Waals surface area (Å²) >= 11 is 5.97. The van der Waals surface area contributed by atoms with Crippen LogP contribution in [-0.2, 0) is 14.3 Å². The Balaban J connectivity index is 1.68. The number of esters is 1. The first-order chi connectivity index (χ1) is 15.9. The minimum Gasteiger partial charge on any atom is -0.493 e. The fraction of sp³-hybridized carbons (Fsp3) is 0.348. The van der Waals surface area contributed by atoms with Crippen LogP contribution in [0.4, 0.5) is 4.79 Å². The van der Waals surface area contributed by atoms with Gasteiger partial charge in [0, 0.05) is 17.4 Å². The van der Waals surface area contributed by atoms with Gasteiger partial charge in [-0.2, -0.15) is 0 Å². The van der Waals surface area contributed by atoms with Gasteiger partial charge in [0.25, 0.3) is 0 Å². The molecule has 9 nitrogen and oxygen atoms in total. The van der Waals surface area contributed by atoms with Gasteiger partial charge >= 0.3 is 12.1 Å². The lowest BCUT2D eigenvalue weighted by Crippen LogP contribution is -2.54. The van der Waals surface area contributed by atoms with E-state index in [-0.39, 0.29) is 24.6 Å². The number of carbonyl (C=O) groups excluding carboxylic acids is 3. The number of alkyl carbamates (subject to hydrolysis) is 1. The maximum atomic E-state index is 12.8. The Hall–Kier alpha value is -3.46. The zero-order valence-corrected chi connectivity index (χ0v) is 18.7. The second-order valence-corrected chi connectivity index (χ2v) is 8.00. The van der Waals surface area contributed by atoms with Crippen molar-refractivity contribution in [3.63, 3.8) is 0 Å². The number of hydrogen-bond donors (Lipinski definition) is 1. The van der Waals surface area contributed by atoms with Crippen molar-refractivity contribution in [2.24, 2.45) is 0 Å². The van der Waals surface area contributed by atoms with E-state index >= 15 is 0 Å². The Bertz CT molecular complexity index is 1090. The van der Waals surface area contributed by atoms with Gasteiger partial charge in [-0.3, -0.25) is 4.79 Å². The molecule has 2 aromatic rings. The summed E-state index contributed by atoms with van der Waals surface area (Å²) in [5, 5.41) is 3.03. The molecule has 3 atom stereocenters. The molecule has 0 radical (unpaired) electrons. The van der Waals surface area contributed by atoms with Crippen LogP contribution in [0, 0.1) is 0 Å². The topological polar surface area (TPSA) is 109 Å². The van der Waals surface area contributed by atoms with E-state index in [0.29, 0.717) is 28.7 Å². The van der Waals surface area contributed by atoms with Gasteiger partial charge in [-0.05, 0) is 42.3 Å². The molecule has 0 aromatic heterocycles. The van der Waals surface area contributed by atoms with E-state index in [0.717, 1.165) is 5.56 Å². The van der Waals surface area contributed by atoms with Crippen LogP contribution < -0.4 is 19.5 Å². The van der Waals surface area contributed by atoms with Crippen molar-refractivity contribution < 1.29 is 38.1 Å². The molecule has 0 saturated heterocycles. The third kappa shape index (κ3) is 4.68. The van der Waals surface area contributed by atoms with Crippen molar-refractivity contribution in [2.75, 3.05) is 21.0 Å². The second kappa shape index (κ2) is 9.58. The fourth-order valence-corrected chi connectivity index (χ4v) is 4.27. The highest BCUT2D eigenvalue weighted by atomic mass is 35.5. The van der Waals surface area contributed by atoms with Crippen LogP contribution >= 0.6 is 11.6 Å². The van der Waals surface area contributed by atoms with Gasteiger partial charge in [-0.1, -0.05) is 17.7 Å². The molecule has 1 fully saturated rings. The SMILES string of the molecule is COC(=O)N[C@H]1[C@H](OC(=O)c2cccc(Cl)c2)C(=O)CC[C@@H]1c1cc(OC)c2c(c1)OCO2. The summed E-state index contributed by atoms with van der Waals surface area (Å²) in [6, 6.07) is 8.85. The average molecular weight is 476 g/mol. The van der Waals surface area contributed by atoms with Gasteiger partial charge < -0.3 is 29.0 Å². The Labute approximate surface area is 194 Å². The Morgan fingerprint density at radius 2 is 1.97 bits per heavy atom. The van der Waals surface area contributed by atoms with E-state index in [9.17, 15) is 14.4 Å². The van der Waals surface area contributed by atoms with Gasteiger partial charge in [0.05, 0.1) is 25.8 Å². The number of carbonyl (C=O) groups is 3. The second-order valence-electron chi connectivity index (χ2n) is 7.57. The standard InChI is InChI=1S/C23H22ClNO8/c1-29-17-9-13(10-18-21(17)32-11-31-18)15-6-7-16(26)20(19(15)25-23(28)30-2)33-22(27)12-4-3-5-14(24)8-12/h3-5,8-10,15,19-20H,6-7,11H2,1-2H3,(H,25,28)/t15-,19-,20-/m1/s1. The van der Waals surface area contributed by atoms with Gasteiger partial charge in [0.2, 0.25) is 12.5 Å². The lowest BCUT2D eigenvalue weighted by Gasteiger charge is -2.37. The van der Waals surface area contributed by atoms with Crippen LogP contribution in [0.2, 0.25) is 5.02 Å². The Morgan fingerprint density at radius 3 is 2.70 bits per heavy atom. The predicted octanol–water partition coefficient (Wildman–Crippen LogP) is 3.47. The lowest BCUT2D eigenvalue weighted by molar-refractivity contribution is -0.132. The summed E-state index contributed by atoms with van der Waals surface area (Å²) < 4.78 is 26.7. The highest BCUT2D eigenvalue weighted by Crippen LogP contribution is 2.45. The maximum absolute atomic E-state index is 12.8. The molecule has 1 heterocycles. The number of halogens is 1. The van der Waals surface area contributed by atoms with Crippen molar-refractivity contribution in [2.45, 2.75) is 30.9 Å². The number of hydrogen-bond acceptors (Lipinski definition) is 8. The molecule has 1 amide bonds. The van der Waals surface area contributed by atoms with E-state index < -0.39 is 30.1 Å². The largest absolute Gasteiger partial charge is 0.493 e. The van der Waals surface area contributed by atoms with Crippen molar-refractivity contribution in [1.29, 1.82) is 0 Å². The van der Waals surface area contributed by atoms with E-state index in [1.165, 1.54) is 26.4 Å². The summed E-state index contributed by atoms with van der Waals surface area (Å²) in [6.07, 6.45) is -1.43. The van der Waals surface area contributed by atoms with Gasteiger partial charge in [0.1, 0.15) is 0 Å². The molecule has 0 bridgehead atoms. The van der Waals surface area contributed by atoms with Gasteiger partial charge in [0.15, 0.2) is 23.4 Å². The average Bonchev–Trinajstić information content (AvgIpc) is 3.29.